The van der Waals surface area contributed by atoms with E-state index in [1.54, 1.807) is 24.3 Å². The molecule has 3 aromatic rings. The predicted molar refractivity (Wildman–Crippen MR) is 99.7 cm³/mol. The van der Waals surface area contributed by atoms with E-state index in [0.717, 1.165) is 5.56 Å². The first-order valence-corrected chi connectivity index (χ1v) is 9.06. The van der Waals surface area contributed by atoms with Gasteiger partial charge in [-0.15, -0.1) is 0 Å². The fourth-order valence-corrected chi connectivity index (χ4v) is 3.85. The molecule has 1 aromatic heterocycles. The van der Waals surface area contributed by atoms with Crippen LogP contribution in [0.2, 0.25) is 0 Å². The van der Waals surface area contributed by atoms with Gasteiger partial charge in [-0.05, 0) is 46.7 Å². The zero-order chi connectivity index (χ0) is 18.1. The Morgan fingerprint density at radius 2 is 1.69 bits per heavy atom. The molecule has 0 N–H and O–H groups in total. The molecule has 2 heterocycles. The standard InChI is InChI=1S/C20H15FN2O2S/c21-16-8-4-5-9-17(16)22-12-18(24)23(15-6-2-1-3-7-15)19(20(22)25)14-10-11-26-13-14/h1-11,13,19H,12H2/t19-/m0/s1. The van der Waals surface area contributed by atoms with E-state index >= 15 is 0 Å². The summed E-state index contributed by atoms with van der Waals surface area (Å²) in [5, 5.41) is 3.70. The van der Waals surface area contributed by atoms with Crippen molar-refractivity contribution in [2.45, 2.75) is 6.04 Å². The van der Waals surface area contributed by atoms with Crippen LogP contribution in [0.25, 0.3) is 0 Å². The van der Waals surface area contributed by atoms with Crippen molar-refractivity contribution >= 4 is 34.5 Å². The Hall–Kier alpha value is -2.99. The van der Waals surface area contributed by atoms with Crippen LogP contribution in [0.4, 0.5) is 15.8 Å². The molecule has 1 atom stereocenters. The summed E-state index contributed by atoms with van der Waals surface area (Å²) in [6.07, 6.45) is 0. The number of carbonyl (C=O) groups excluding carboxylic acids is 2. The smallest absolute Gasteiger partial charge is 0.255 e. The van der Waals surface area contributed by atoms with Crippen LogP contribution in [0.15, 0.2) is 71.4 Å². The summed E-state index contributed by atoms with van der Waals surface area (Å²) in [5.74, 6) is -1.10. The zero-order valence-corrected chi connectivity index (χ0v) is 14.5. The summed E-state index contributed by atoms with van der Waals surface area (Å²) in [5.41, 5.74) is 1.49. The van der Waals surface area contributed by atoms with Gasteiger partial charge in [0, 0.05) is 5.69 Å². The molecule has 0 unspecified atom stereocenters. The number of halogens is 1. The highest BCUT2D eigenvalue weighted by atomic mass is 32.1. The Bertz CT molecular complexity index is 943. The van der Waals surface area contributed by atoms with Crippen molar-refractivity contribution in [3.63, 3.8) is 0 Å². The van der Waals surface area contributed by atoms with Crippen LogP contribution in [0.1, 0.15) is 11.6 Å². The number of amides is 2. The first-order chi connectivity index (χ1) is 12.7. The van der Waals surface area contributed by atoms with Crippen molar-refractivity contribution in [2.24, 2.45) is 0 Å². The molecule has 0 bridgehead atoms. The van der Waals surface area contributed by atoms with Crippen LogP contribution in [-0.4, -0.2) is 18.4 Å². The summed E-state index contributed by atoms with van der Waals surface area (Å²) >= 11 is 1.45. The number of thiophene rings is 1. The molecule has 1 saturated heterocycles. The number of benzene rings is 2. The molecule has 4 nitrogen and oxygen atoms in total. The molecular formula is C20H15FN2O2S. The maximum Gasteiger partial charge on any atom is 0.255 e. The minimum absolute atomic E-state index is 0.124. The predicted octanol–water partition coefficient (Wildman–Crippen LogP) is 4.01. The Labute approximate surface area is 154 Å². The number of hydrogen-bond donors (Lipinski definition) is 0. The van der Waals surface area contributed by atoms with E-state index in [2.05, 4.69) is 0 Å². The molecule has 6 heteroatoms. The van der Waals surface area contributed by atoms with Crippen molar-refractivity contribution in [2.75, 3.05) is 16.3 Å². The van der Waals surface area contributed by atoms with Crippen LogP contribution in [-0.2, 0) is 9.59 Å². The van der Waals surface area contributed by atoms with E-state index in [1.165, 1.54) is 33.3 Å². The van der Waals surface area contributed by atoms with E-state index < -0.39 is 11.9 Å². The lowest BCUT2D eigenvalue weighted by atomic mass is 10.0. The summed E-state index contributed by atoms with van der Waals surface area (Å²) in [6.45, 7) is -0.199. The lowest BCUT2D eigenvalue weighted by molar-refractivity contribution is -0.128. The Balaban J connectivity index is 1.81. The van der Waals surface area contributed by atoms with Gasteiger partial charge < -0.3 is 0 Å². The van der Waals surface area contributed by atoms with E-state index in [0.29, 0.717) is 5.69 Å². The van der Waals surface area contributed by atoms with Crippen molar-refractivity contribution in [3.05, 3.63) is 82.8 Å². The first kappa shape index (κ1) is 16.5. The second-order valence-corrected chi connectivity index (χ2v) is 6.71. The summed E-state index contributed by atoms with van der Waals surface area (Å²) in [6, 6.07) is 16.1. The van der Waals surface area contributed by atoms with Gasteiger partial charge >= 0.3 is 0 Å². The maximum atomic E-state index is 14.2. The van der Waals surface area contributed by atoms with Gasteiger partial charge in [0.05, 0.1) is 5.69 Å². The normalized spacial score (nSPS) is 17.7. The number of nitrogens with zero attached hydrogens (tertiary/aromatic N) is 2. The Morgan fingerprint density at radius 3 is 2.38 bits per heavy atom. The van der Waals surface area contributed by atoms with Crippen molar-refractivity contribution in [1.29, 1.82) is 0 Å². The largest absolute Gasteiger partial charge is 0.298 e. The minimum Gasteiger partial charge on any atom is -0.298 e. The second kappa shape index (κ2) is 6.72. The highest BCUT2D eigenvalue weighted by molar-refractivity contribution is 7.08. The highest BCUT2D eigenvalue weighted by Gasteiger charge is 2.42. The molecule has 0 spiro atoms. The van der Waals surface area contributed by atoms with Crippen LogP contribution in [0, 0.1) is 5.82 Å². The molecule has 2 aromatic carbocycles. The number of para-hydroxylation sites is 2. The number of rotatable bonds is 3. The van der Waals surface area contributed by atoms with Gasteiger partial charge in [-0.3, -0.25) is 19.4 Å². The molecule has 4 rings (SSSR count). The second-order valence-electron chi connectivity index (χ2n) is 5.93. The van der Waals surface area contributed by atoms with Crippen molar-refractivity contribution < 1.29 is 14.0 Å². The van der Waals surface area contributed by atoms with Gasteiger partial charge in [0.1, 0.15) is 18.4 Å². The van der Waals surface area contributed by atoms with Gasteiger partial charge in [0.25, 0.3) is 5.91 Å². The third-order valence-corrected chi connectivity index (χ3v) is 5.06. The average molecular weight is 366 g/mol. The molecular weight excluding hydrogens is 351 g/mol. The lowest BCUT2D eigenvalue weighted by Crippen LogP contribution is -2.56. The Kier molecular flexibility index (Phi) is 4.26. The van der Waals surface area contributed by atoms with E-state index in [9.17, 15) is 14.0 Å². The van der Waals surface area contributed by atoms with Crippen molar-refractivity contribution in [3.8, 4) is 0 Å². The van der Waals surface area contributed by atoms with E-state index in [1.807, 2.05) is 35.0 Å². The fraction of sp³-hybridized carbons (Fsp3) is 0.100. The minimum atomic E-state index is -0.815. The summed E-state index contributed by atoms with van der Waals surface area (Å²) in [7, 11) is 0. The lowest BCUT2D eigenvalue weighted by Gasteiger charge is -2.40. The molecule has 2 amide bonds. The SMILES string of the molecule is O=C1[C@H](c2ccsc2)N(c2ccccc2)C(=O)CN1c1ccccc1F. The van der Waals surface area contributed by atoms with Crippen LogP contribution in [0.5, 0.6) is 0 Å². The fourth-order valence-electron chi connectivity index (χ4n) is 3.17. The van der Waals surface area contributed by atoms with Crippen LogP contribution in [0.3, 0.4) is 0 Å². The molecule has 0 aliphatic carbocycles. The summed E-state index contributed by atoms with van der Waals surface area (Å²) in [4.78, 5) is 29.0. The number of piperazine rings is 1. The monoisotopic (exact) mass is 366 g/mol. The average Bonchev–Trinajstić information content (AvgIpc) is 3.18. The zero-order valence-electron chi connectivity index (χ0n) is 13.7. The molecule has 0 radical (unpaired) electrons. The number of carbonyl (C=O) groups is 2. The van der Waals surface area contributed by atoms with Crippen LogP contribution >= 0.6 is 11.3 Å². The summed E-state index contributed by atoms with van der Waals surface area (Å²) < 4.78 is 14.2. The molecule has 26 heavy (non-hydrogen) atoms. The molecule has 0 saturated carbocycles. The molecule has 1 aliphatic heterocycles. The van der Waals surface area contributed by atoms with E-state index in [-0.39, 0.29) is 24.0 Å². The van der Waals surface area contributed by atoms with E-state index in [4.69, 9.17) is 0 Å². The third-order valence-electron chi connectivity index (χ3n) is 4.36. The Morgan fingerprint density at radius 1 is 0.962 bits per heavy atom. The highest BCUT2D eigenvalue weighted by Crippen LogP contribution is 2.35. The third kappa shape index (κ3) is 2.78. The quantitative estimate of drug-likeness (QED) is 0.703. The first-order valence-electron chi connectivity index (χ1n) is 8.12. The molecule has 1 aliphatic rings. The van der Waals surface area contributed by atoms with Gasteiger partial charge in [-0.1, -0.05) is 30.3 Å². The van der Waals surface area contributed by atoms with Gasteiger partial charge in [-0.2, -0.15) is 11.3 Å². The topological polar surface area (TPSA) is 40.6 Å². The van der Waals surface area contributed by atoms with Gasteiger partial charge in [0.15, 0.2) is 0 Å². The van der Waals surface area contributed by atoms with Crippen molar-refractivity contribution in [1.82, 2.24) is 0 Å². The number of anilines is 2. The number of hydrogen-bond acceptors (Lipinski definition) is 3. The molecule has 130 valence electrons. The van der Waals surface area contributed by atoms with Crippen LogP contribution < -0.4 is 9.80 Å². The van der Waals surface area contributed by atoms with Gasteiger partial charge in [-0.25, -0.2) is 4.39 Å². The molecule has 1 fully saturated rings. The maximum absolute atomic E-state index is 14.2. The van der Waals surface area contributed by atoms with Gasteiger partial charge in [0.2, 0.25) is 5.91 Å².